The molecule has 0 saturated carbocycles. The summed E-state index contributed by atoms with van der Waals surface area (Å²) >= 11 is 0. The van der Waals surface area contributed by atoms with Crippen molar-refractivity contribution in [1.29, 1.82) is 0 Å². The minimum atomic E-state index is -0.112. The van der Waals surface area contributed by atoms with E-state index >= 15 is 0 Å². The SMILES string of the molecule is CCCCOc1ccc(NC(=O)CNc2ccc(OCc3ccccc3)cc2)cc1. The number of hydrogen-bond acceptors (Lipinski definition) is 4. The highest BCUT2D eigenvalue weighted by atomic mass is 16.5. The Balaban J connectivity index is 1.40. The molecule has 0 saturated heterocycles. The third kappa shape index (κ3) is 7.17. The lowest BCUT2D eigenvalue weighted by molar-refractivity contribution is -0.114. The van der Waals surface area contributed by atoms with Crippen LogP contribution >= 0.6 is 0 Å². The van der Waals surface area contributed by atoms with E-state index in [9.17, 15) is 4.79 Å². The Morgan fingerprint density at radius 3 is 2.10 bits per heavy atom. The predicted octanol–water partition coefficient (Wildman–Crippen LogP) is 5.50. The van der Waals surface area contributed by atoms with E-state index in [1.165, 1.54) is 0 Å². The number of ether oxygens (including phenoxy) is 2. The van der Waals surface area contributed by atoms with Crippen molar-refractivity contribution in [3.05, 3.63) is 84.4 Å². The van der Waals surface area contributed by atoms with Crippen LogP contribution in [-0.2, 0) is 11.4 Å². The van der Waals surface area contributed by atoms with Crippen molar-refractivity contribution < 1.29 is 14.3 Å². The molecule has 0 aromatic heterocycles. The van der Waals surface area contributed by atoms with Crippen LogP contribution in [0.2, 0.25) is 0 Å². The monoisotopic (exact) mass is 404 g/mol. The van der Waals surface area contributed by atoms with Crippen molar-refractivity contribution in [2.45, 2.75) is 26.4 Å². The lowest BCUT2D eigenvalue weighted by Crippen LogP contribution is -2.21. The third-order valence-electron chi connectivity index (χ3n) is 4.46. The van der Waals surface area contributed by atoms with E-state index < -0.39 is 0 Å². The zero-order valence-electron chi connectivity index (χ0n) is 17.3. The van der Waals surface area contributed by atoms with Gasteiger partial charge in [-0.15, -0.1) is 0 Å². The maximum Gasteiger partial charge on any atom is 0.243 e. The van der Waals surface area contributed by atoms with Crippen molar-refractivity contribution in [1.82, 2.24) is 0 Å². The Hall–Kier alpha value is -3.47. The van der Waals surface area contributed by atoms with Crippen molar-refractivity contribution in [3.63, 3.8) is 0 Å². The summed E-state index contributed by atoms with van der Waals surface area (Å²) in [4.78, 5) is 12.2. The molecule has 30 heavy (non-hydrogen) atoms. The second kappa shape index (κ2) is 11.5. The Morgan fingerprint density at radius 2 is 1.43 bits per heavy atom. The lowest BCUT2D eigenvalue weighted by atomic mass is 10.2. The number of unbranched alkanes of at least 4 members (excludes halogenated alkanes) is 1. The van der Waals surface area contributed by atoms with Crippen LogP contribution in [-0.4, -0.2) is 19.1 Å². The number of amides is 1. The van der Waals surface area contributed by atoms with Crippen molar-refractivity contribution in [3.8, 4) is 11.5 Å². The largest absolute Gasteiger partial charge is 0.494 e. The van der Waals surface area contributed by atoms with Crippen molar-refractivity contribution in [2.75, 3.05) is 23.8 Å². The van der Waals surface area contributed by atoms with Gasteiger partial charge in [0.1, 0.15) is 18.1 Å². The van der Waals surface area contributed by atoms with Crippen LogP contribution in [0.3, 0.4) is 0 Å². The summed E-state index contributed by atoms with van der Waals surface area (Å²) in [5, 5.41) is 5.99. The molecule has 156 valence electrons. The van der Waals surface area contributed by atoms with Crippen LogP contribution in [0.5, 0.6) is 11.5 Å². The van der Waals surface area contributed by atoms with Gasteiger partial charge >= 0.3 is 0 Å². The molecule has 0 aliphatic carbocycles. The zero-order valence-corrected chi connectivity index (χ0v) is 17.3. The highest BCUT2D eigenvalue weighted by Crippen LogP contribution is 2.18. The first-order valence-corrected chi connectivity index (χ1v) is 10.3. The van der Waals surface area contributed by atoms with Gasteiger partial charge in [-0.3, -0.25) is 4.79 Å². The molecule has 0 spiro atoms. The third-order valence-corrected chi connectivity index (χ3v) is 4.46. The number of carbonyl (C=O) groups is 1. The van der Waals surface area contributed by atoms with Crippen LogP contribution < -0.4 is 20.1 Å². The number of benzene rings is 3. The lowest BCUT2D eigenvalue weighted by Gasteiger charge is -2.10. The van der Waals surface area contributed by atoms with Gasteiger partial charge in [-0.25, -0.2) is 0 Å². The fourth-order valence-corrected chi connectivity index (χ4v) is 2.77. The summed E-state index contributed by atoms with van der Waals surface area (Å²) < 4.78 is 11.4. The van der Waals surface area contributed by atoms with E-state index in [0.717, 1.165) is 41.3 Å². The maximum absolute atomic E-state index is 12.2. The van der Waals surface area contributed by atoms with Crippen LogP contribution in [0.4, 0.5) is 11.4 Å². The Morgan fingerprint density at radius 1 is 0.800 bits per heavy atom. The second-order valence-electron chi connectivity index (χ2n) is 6.93. The molecular weight excluding hydrogens is 376 g/mol. The van der Waals surface area contributed by atoms with E-state index in [2.05, 4.69) is 17.6 Å². The van der Waals surface area contributed by atoms with E-state index in [0.29, 0.717) is 13.2 Å². The van der Waals surface area contributed by atoms with Crippen LogP contribution in [0.1, 0.15) is 25.3 Å². The fraction of sp³-hybridized carbons (Fsp3) is 0.240. The minimum absolute atomic E-state index is 0.112. The smallest absolute Gasteiger partial charge is 0.243 e. The molecule has 0 heterocycles. The van der Waals surface area contributed by atoms with Gasteiger partial charge in [-0.05, 0) is 60.5 Å². The topological polar surface area (TPSA) is 59.6 Å². The van der Waals surface area contributed by atoms with Crippen LogP contribution in [0, 0.1) is 0 Å². The fourth-order valence-electron chi connectivity index (χ4n) is 2.77. The molecular formula is C25H28N2O3. The quantitative estimate of drug-likeness (QED) is 0.415. The predicted molar refractivity (Wildman–Crippen MR) is 121 cm³/mol. The first-order chi connectivity index (χ1) is 14.7. The summed E-state index contributed by atoms with van der Waals surface area (Å²) in [5.74, 6) is 1.49. The molecule has 5 heteroatoms. The molecule has 0 fully saturated rings. The summed E-state index contributed by atoms with van der Waals surface area (Å²) in [7, 11) is 0. The molecule has 3 aromatic carbocycles. The Labute approximate surface area is 178 Å². The standard InChI is InChI=1S/C25H28N2O3/c1-2-3-17-29-23-15-11-22(12-16-23)27-25(28)18-26-21-9-13-24(14-10-21)30-19-20-7-5-4-6-8-20/h4-16,26H,2-3,17-19H2,1H3,(H,27,28). The minimum Gasteiger partial charge on any atom is -0.494 e. The van der Waals surface area contributed by atoms with Gasteiger partial charge in [0.15, 0.2) is 0 Å². The van der Waals surface area contributed by atoms with E-state index in [1.807, 2.05) is 78.9 Å². The molecule has 1 amide bonds. The van der Waals surface area contributed by atoms with Crippen LogP contribution in [0.25, 0.3) is 0 Å². The second-order valence-corrected chi connectivity index (χ2v) is 6.93. The Kier molecular flexibility index (Phi) is 8.15. The number of carbonyl (C=O) groups excluding carboxylic acids is 1. The average molecular weight is 405 g/mol. The molecule has 0 radical (unpaired) electrons. The van der Waals surface area contributed by atoms with Crippen molar-refractivity contribution in [2.24, 2.45) is 0 Å². The summed E-state index contributed by atoms with van der Waals surface area (Å²) in [5.41, 5.74) is 2.73. The summed E-state index contributed by atoms with van der Waals surface area (Å²) in [6.07, 6.45) is 2.13. The normalized spacial score (nSPS) is 10.3. The van der Waals surface area contributed by atoms with Gasteiger partial charge in [0.2, 0.25) is 5.91 Å². The molecule has 0 aliphatic rings. The average Bonchev–Trinajstić information content (AvgIpc) is 2.79. The van der Waals surface area contributed by atoms with Gasteiger partial charge in [0.25, 0.3) is 0 Å². The zero-order chi connectivity index (χ0) is 21.0. The number of hydrogen-bond donors (Lipinski definition) is 2. The molecule has 0 atom stereocenters. The van der Waals surface area contributed by atoms with E-state index in [4.69, 9.17) is 9.47 Å². The maximum atomic E-state index is 12.2. The molecule has 0 unspecified atom stereocenters. The molecule has 5 nitrogen and oxygen atoms in total. The molecule has 3 aromatic rings. The first kappa shape index (κ1) is 21.2. The highest BCUT2D eigenvalue weighted by molar-refractivity contribution is 5.93. The van der Waals surface area contributed by atoms with Gasteiger partial charge in [-0.1, -0.05) is 43.7 Å². The summed E-state index contributed by atoms with van der Waals surface area (Å²) in [6.45, 7) is 3.55. The number of anilines is 2. The van der Waals surface area contributed by atoms with Crippen LogP contribution in [0.15, 0.2) is 78.9 Å². The molecule has 2 N–H and O–H groups in total. The van der Waals surface area contributed by atoms with E-state index in [-0.39, 0.29) is 12.5 Å². The van der Waals surface area contributed by atoms with Gasteiger partial charge < -0.3 is 20.1 Å². The molecule has 0 bridgehead atoms. The highest BCUT2D eigenvalue weighted by Gasteiger charge is 2.04. The van der Waals surface area contributed by atoms with Gasteiger partial charge in [0.05, 0.1) is 13.2 Å². The first-order valence-electron chi connectivity index (χ1n) is 10.3. The van der Waals surface area contributed by atoms with Gasteiger partial charge in [0, 0.05) is 11.4 Å². The van der Waals surface area contributed by atoms with Crippen molar-refractivity contribution >= 4 is 17.3 Å². The van der Waals surface area contributed by atoms with E-state index in [1.54, 1.807) is 0 Å². The summed E-state index contributed by atoms with van der Waals surface area (Å²) in [6, 6.07) is 25.0. The number of rotatable bonds is 11. The van der Waals surface area contributed by atoms with Gasteiger partial charge in [-0.2, -0.15) is 0 Å². The number of nitrogens with one attached hydrogen (secondary N) is 2. The molecule has 0 aliphatic heterocycles. The molecule has 3 rings (SSSR count). The Bertz CT molecular complexity index is 894.